The van der Waals surface area contributed by atoms with Crippen molar-refractivity contribution in [3.8, 4) is 5.69 Å². The van der Waals surface area contributed by atoms with Gasteiger partial charge in [0.05, 0.1) is 17.9 Å². The van der Waals surface area contributed by atoms with E-state index < -0.39 is 0 Å². The van der Waals surface area contributed by atoms with E-state index in [1.165, 1.54) is 11.8 Å². The summed E-state index contributed by atoms with van der Waals surface area (Å²) in [4.78, 5) is 29.7. The molecule has 1 aromatic carbocycles. The maximum Gasteiger partial charge on any atom is 0.265 e. The van der Waals surface area contributed by atoms with Crippen molar-refractivity contribution in [1.82, 2.24) is 24.6 Å². The standard InChI is InChI=1S/C19H19N5O2S/c1-3-8-20-16(25)9-14-11-27-19-22-17-15(18(26)23(14)19)10-21-24(17)13-6-4-12(2)5-7-13/h3-7,10,14H,1,8-9,11H2,2H3,(H,20,25). The van der Waals surface area contributed by atoms with Crippen molar-refractivity contribution >= 4 is 28.7 Å². The molecule has 8 heteroatoms. The molecule has 1 amide bonds. The SMILES string of the molecule is C=CCNC(=O)CC1CSc2nc3c(cnn3-c3ccc(C)cc3)c(=O)n21. The van der Waals surface area contributed by atoms with Gasteiger partial charge in [0.2, 0.25) is 5.91 Å². The molecule has 0 radical (unpaired) electrons. The highest BCUT2D eigenvalue weighted by Crippen LogP contribution is 2.33. The quantitative estimate of drug-likeness (QED) is 0.541. The largest absolute Gasteiger partial charge is 0.353 e. The van der Waals surface area contributed by atoms with Crippen molar-refractivity contribution in [2.75, 3.05) is 12.3 Å². The highest BCUT2D eigenvalue weighted by molar-refractivity contribution is 7.99. The molecule has 2 aromatic heterocycles. The van der Waals surface area contributed by atoms with Crippen LogP contribution in [0.5, 0.6) is 0 Å². The number of hydrogen-bond donors (Lipinski definition) is 1. The van der Waals surface area contributed by atoms with Crippen molar-refractivity contribution in [2.24, 2.45) is 0 Å². The summed E-state index contributed by atoms with van der Waals surface area (Å²) < 4.78 is 3.31. The Balaban J connectivity index is 1.72. The fourth-order valence-corrected chi connectivity index (χ4v) is 4.26. The molecule has 1 aliphatic heterocycles. The van der Waals surface area contributed by atoms with Crippen LogP contribution in [0, 0.1) is 6.92 Å². The van der Waals surface area contributed by atoms with Crippen molar-refractivity contribution < 1.29 is 4.79 Å². The topological polar surface area (TPSA) is 81.8 Å². The average Bonchev–Trinajstić information content (AvgIpc) is 3.26. The number of carbonyl (C=O) groups is 1. The lowest BCUT2D eigenvalue weighted by molar-refractivity contribution is -0.121. The van der Waals surface area contributed by atoms with Gasteiger partial charge < -0.3 is 5.32 Å². The van der Waals surface area contributed by atoms with Gasteiger partial charge in [-0.3, -0.25) is 14.2 Å². The maximum atomic E-state index is 13.0. The van der Waals surface area contributed by atoms with Crippen LogP contribution in [0.15, 0.2) is 53.1 Å². The summed E-state index contributed by atoms with van der Waals surface area (Å²) in [7, 11) is 0. The number of rotatable bonds is 5. The average molecular weight is 381 g/mol. The minimum Gasteiger partial charge on any atom is -0.353 e. The number of nitrogens with zero attached hydrogens (tertiary/aromatic N) is 4. The van der Waals surface area contributed by atoms with E-state index in [2.05, 4.69) is 22.0 Å². The normalized spacial score (nSPS) is 15.7. The second-order valence-corrected chi connectivity index (χ2v) is 7.45. The molecule has 1 atom stereocenters. The second-order valence-electron chi connectivity index (χ2n) is 6.46. The van der Waals surface area contributed by atoms with E-state index in [-0.39, 0.29) is 23.9 Å². The summed E-state index contributed by atoms with van der Waals surface area (Å²) in [5, 5.41) is 8.21. The molecule has 0 saturated heterocycles. The number of fused-ring (bicyclic) bond motifs is 2. The zero-order chi connectivity index (χ0) is 19.0. The van der Waals surface area contributed by atoms with Crippen LogP contribution in [0.2, 0.25) is 0 Å². The molecule has 4 rings (SSSR count). The van der Waals surface area contributed by atoms with E-state index in [1.54, 1.807) is 21.5 Å². The first-order valence-electron chi connectivity index (χ1n) is 8.66. The fourth-order valence-electron chi connectivity index (χ4n) is 3.13. The molecule has 0 aliphatic carbocycles. The molecule has 0 saturated carbocycles. The van der Waals surface area contributed by atoms with Crippen LogP contribution in [0.4, 0.5) is 0 Å². The Labute approximate surface area is 160 Å². The molecule has 1 unspecified atom stereocenters. The summed E-state index contributed by atoms with van der Waals surface area (Å²) >= 11 is 1.49. The van der Waals surface area contributed by atoms with Crippen molar-refractivity contribution in [3.63, 3.8) is 0 Å². The molecule has 3 aromatic rings. The Bertz CT molecular complexity index is 1080. The molecular formula is C19H19N5O2S. The highest BCUT2D eigenvalue weighted by atomic mass is 32.2. The Morgan fingerprint density at radius 2 is 2.19 bits per heavy atom. The Hall–Kier alpha value is -2.87. The van der Waals surface area contributed by atoms with Crippen LogP contribution < -0.4 is 10.9 Å². The fraction of sp³-hybridized carbons (Fsp3) is 0.263. The Morgan fingerprint density at radius 1 is 1.41 bits per heavy atom. The van der Waals surface area contributed by atoms with Crippen LogP contribution in [-0.2, 0) is 4.79 Å². The summed E-state index contributed by atoms with van der Waals surface area (Å²) in [5.74, 6) is 0.546. The monoisotopic (exact) mass is 381 g/mol. The predicted octanol–water partition coefficient (Wildman–Crippen LogP) is 2.23. The third-order valence-electron chi connectivity index (χ3n) is 4.51. The second kappa shape index (κ2) is 7.03. The highest BCUT2D eigenvalue weighted by Gasteiger charge is 2.29. The van der Waals surface area contributed by atoms with Crippen LogP contribution >= 0.6 is 11.8 Å². The van der Waals surface area contributed by atoms with Gasteiger partial charge in [0.25, 0.3) is 5.56 Å². The van der Waals surface area contributed by atoms with E-state index in [9.17, 15) is 9.59 Å². The summed E-state index contributed by atoms with van der Waals surface area (Å²) in [5.41, 5.74) is 2.40. The third kappa shape index (κ3) is 3.16. The number of aromatic nitrogens is 4. The van der Waals surface area contributed by atoms with Gasteiger partial charge >= 0.3 is 0 Å². The minimum atomic E-state index is -0.207. The van der Waals surface area contributed by atoms with Crippen LogP contribution in [0.1, 0.15) is 18.0 Å². The molecule has 138 valence electrons. The van der Waals surface area contributed by atoms with Crippen molar-refractivity contribution in [2.45, 2.75) is 24.5 Å². The first-order chi connectivity index (χ1) is 13.1. The number of nitrogens with one attached hydrogen (secondary N) is 1. The van der Waals surface area contributed by atoms with Crippen molar-refractivity contribution in [1.29, 1.82) is 0 Å². The Kier molecular flexibility index (Phi) is 4.57. The van der Waals surface area contributed by atoms with E-state index in [1.807, 2.05) is 31.2 Å². The van der Waals surface area contributed by atoms with E-state index in [0.29, 0.717) is 28.5 Å². The zero-order valence-electron chi connectivity index (χ0n) is 14.9. The van der Waals surface area contributed by atoms with Gasteiger partial charge in [-0.1, -0.05) is 35.5 Å². The van der Waals surface area contributed by atoms with E-state index >= 15 is 0 Å². The summed E-state index contributed by atoms with van der Waals surface area (Å²) in [6.07, 6.45) is 3.43. The summed E-state index contributed by atoms with van der Waals surface area (Å²) in [6.45, 7) is 6.02. The first-order valence-corrected chi connectivity index (χ1v) is 9.64. The number of carbonyl (C=O) groups excluding carboxylic acids is 1. The van der Waals surface area contributed by atoms with Gasteiger partial charge in [-0.15, -0.1) is 6.58 Å². The van der Waals surface area contributed by atoms with Gasteiger partial charge in [-0.05, 0) is 19.1 Å². The number of benzene rings is 1. The molecular weight excluding hydrogens is 362 g/mol. The smallest absolute Gasteiger partial charge is 0.265 e. The van der Waals surface area contributed by atoms with Gasteiger partial charge in [-0.2, -0.15) is 5.10 Å². The first kappa shape index (κ1) is 17.5. The molecule has 3 heterocycles. The van der Waals surface area contributed by atoms with Crippen LogP contribution in [-0.4, -0.2) is 37.5 Å². The van der Waals surface area contributed by atoms with Crippen LogP contribution in [0.25, 0.3) is 16.7 Å². The molecule has 0 bridgehead atoms. The number of amides is 1. The lowest BCUT2D eigenvalue weighted by atomic mass is 10.2. The van der Waals surface area contributed by atoms with Gasteiger partial charge in [-0.25, -0.2) is 9.67 Å². The molecule has 0 spiro atoms. The lowest BCUT2D eigenvalue weighted by Gasteiger charge is -2.13. The van der Waals surface area contributed by atoms with E-state index in [0.717, 1.165) is 11.3 Å². The Morgan fingerprint density at radius 3 is 2.93 bits per heavy atom. The lowest BCUT2D eigenvalue weighted by Crippen LogP contribution is -2.30. The predicted molar refractivity (Wildman–Crippen MR) is 105 cm³/mol. The van der Waals surface area contributed by atoms with E-state index in [4.69, 9.17) is 0 Å². The molecule has 27 heavy (non-hydrogen) atoms. The number of hydrogen-bond acceptors (Lipinski definition) is 5. The zero-order valence-corrected chi connectivity index (χ0v) is 15.7. The molecule has 1 aliphatic rings. The third-order valence-corrected chi connectivity index (χ3v) is 5.61. The molecule has 0 fully saturated rings. The number of thioether (sulfide) groups is 1. The summed E-state index contributed by atoms with van der Waals surface area (Å²) in [6, 6.07) is 7.69. The maximum absolute atomic E-state index is 13.0. The molecule has 1 N–H and O–H groups in total. The van der Waals surface area contributed by atoms with Gasteiger partial charge in [0, 0.05) is 18.7 Å². The van der Waals surface area contributed by atoms with Gasteiger partial charge in [0.15, 0.2) is 10.8 Å². The molecule has 7 nitrogen and oxygen atoms in total. The minimum absolute atomic E-state index is 0.101. The van der Waals surface area contributed by atoms with Crippen molar-refractivity contribution in [3.05, 3.63) is 59.0 Å². The van der Waals surface area contributed by atoms with Crippen LogP contribution in [0.3, 0.4) is 0 Å². The number of aryl methyl sites for hydroxylation is 1. The van der Waals surface area contributed by atoms with Gasteiger partial charge in [0.1, 0.15) is 5.39 Å².